The molecular formula is C20H24ClNO4S. The van der Waals surface area contributed by atoms with Crippen LogP contribution in [-0.4, -0.2) is 24.6 Å². The first-order chi connectivity index (χ1) is 12.8. The van der Waals surface area contributed by atoms with Crippen LogP contribution in [0.5, 0.6) is 5.75 Å². The van der Waals surface area contributed by atoms with Crippen LogP contribution in [0.1, 0.15) is 47.1 Å². The maximum absolute atomic E-state index is 12.6. The molecule has 1 N–H and O–H groups in total. The molecule has 1 aromatic carbocycles. The number of rotatable bonds is 7. The van der Waals surface area contributed by atoms with Crippen LogP contribution in [0, 0.1) is 13.8 Å². The Balaban J connectivity index is 2.20. The van der Waals surface area contributed by atoms with Crippen molar-refractivity contribution in [1.29, 1.82) is 0 Å². The maximum Gasteiger partial charge on any atom is 0.341 e. The third-order valence-corrected chi connectivity index (χ3v) is 5.39. The Morgan fingerprint density at radius 2 is 1.96 bits per heavy atom. The molecule has 0 saturated carbocycles. The Hall–Kier alpha value is -2.05. The smallest absolute Gasteiger partial charge is 0.341 e. The van der Waals surface area contributed by atoms with Crippen LogP contribution in [0.15, 0.2) is 18.2 Å². The Kier molecular flexibility index (Phi) is 7.27. The van der Waals surface area contributed by atoms with E-state index in [0.29, 0.717) is 27.8 Å². The summed E-state index contributed by atoms with van der Waals surface area (Å²) in [5.41, 5.74) is 2.18. The van der Waals surface area contributed by atoms with Gasteiger partial charge >= 0.3 is 5.97 Å². The van der Waals surface area contributed by atoms with E-state index in [1.54, 1.807) is 32.0 Å². The third kappa shape index (κ3) is 5.02. The first-order valence-corrected chi connectivity index (χ1v) is 10.0. The van der Waals surface area contributed by atoms with E-state index >= 15 is 0 Å². The Morgan fingerprint density at radius 1 is 1.26 bits per heavy atom. The normalized spacial score (nSPS) is 11.8. The number of anilines is 1. The van der Waals surface area contributed by atoms with Crippen LogP contribution >= 0.6 is 22.9 Å². The summed E-state index contributed by atoms with van der Waals surface area (Å²) in [6.07, 6.45) is -0.0602. The van der Waals surface area contributed by atoms with Gasteiger partial charge in [-0.15, -0.1) is 11.3 Å². The second-order valence-electron chi connectivity index (χ2n) is 6.07. The van der Waals surface area contributed by atoms with E-state index in [4.69, 9.17) is 21.1 Å². The van der Waals surface area contributed by atoms with Gasteiger partial charge in [0.15, 0.2) is 6.10 Å². The lowest BCUT2D eigenvalue weighted by Crippen LogP contribution is -2.30. The van der Waals surface area contributed by atoms with Crippen molar-refractivity contribution in [2.24, 2.45) is 0 Å². The van der Waals surface area contributed by atoms with E-state index in [1.807, 2.05) is 20.8 Å². The van der Waals surface area contributed by atoms with Crippen molar-refractivity contribution in [1.82, 2.24) is 0 Å². The van der Waals surface area contributed by atoms with Crippen molar-refractivity contribution in [3.05, 3.63) is 44.8 Å². The van der Waals surface area contributed by atoms with Crippen molar-refractivity contribution in [3.63, 3.8) is 0 Å². The van der Waals surface area contributed by atoms with Gasteiger partial charge in [0.2, 0.25) is 0 Å². The Morgan fingerprint density at radius 3 is 2.56 bits per heavy atom. The van der Waals surface area contributed by atoms with Gasteiger partial charge in [0.05, 0.1) is 12.2 Å². The van der Waals surface area contributed by atoms with Gasteiger partial charge in [-0.05, 0) is 63.4 Å². The van der Waals surface area contributed by atoms with Crippen molar-refractivity contribution in [3.8, 4) is 5.75 Å². The van der Waals surface area contributed by atoms with Gasteiger partial charge < -0.3 is 14.8 Å². The number of amides is 1. The van der Waals surface area contributed by atoms with E-state index in [0.717, 1.165) is 16.0 Å². The standard InChI is InChI=1S/C20H24ClNO4S/c1-6-15-13(5)27-19(17(15)20(24)25-7-2)22-18(23)12(4)26-16-9-8-14(21)10-11(16)3/h8-10,12H,6-7H2,1-5H3,(H,22,23). The second kappa shape index (κ2) is 9.24. The number of hydrogen-bond donors (Lipinski definition) is 1. The fourth-order valence-corrected chi connectivity index (χ4v) is 4.08. The molecule has 146 valence electrons. The topological polar surface area (TPSA) is 64.6 Å². The van der Waals surface area contributed by atoms with Gasteiger partial charge in [-0.3, -0.25) is 4.79 Å². The van der Waals surface area contributed by atoms with Crippen molar-refractivity contribution in [2.45, 2.75) is 47.1 Å². The summed E-state index contributed by atoms with van der Waals surface area (Å²) < 4.78 is 10.9. The zero-order valence-corrected chi connectivity index (χ0v) is 17.7. The van der Waals surface area contributed by atoms with Crippen LogP contribution in [0.2, 0.25) is 5.02 Å². The van der Waals surface area contributed by atoms with E-state index < -0.39 is 12.1 Å². The van der Waals surface area contributed by atoms with Gasteiger partial charge in [0.1, 0.15) is 10.8 Å². The average Bonchev–Trinajstić information content (AvgIpc) is 2.92. The lowest BCUT2D eigenvalue weighted by atomic mass is 10.1. The van der Waals surface area contributed by atoms with E-state index in [1.165, 1.54) is 11.3 Å². The zero-order valence-electron chi connectivity index (χ0n) is 16.1. The number of ether oxygens (including phenoxy) is 2. The summed E-state index contributed by atoms with van der Waals surface area (Å²) in [7, 11) is 0. The first-order valence-electron chi connectivity index (χ1n) is 8.81. The molecule has 0 bridgehead atoms. The van der Waals surface area contributed by atoms with E-state index in [2.05, 4.69) is 5.32 Å². The predicted octanol–water partition coefficient (Wildman–Crippen LogP) is 5.16. The molecule has 27 heavy (non-hydrogen) atoms. The lowest BCUT2D eigenvalue weighted by Gasteiger charge is -2.16. The highest BCUT2D eigenvalue weighted by Crippen LogP contribution is 2.34. The van der Waals surface area contributed by atoms with Gasteiger partial charge in [-0.1, -0.05) is 18.5 Å². The molecule has 1 amide bonds. The quantitative estimate of drug-likeness (QED) is 0.641. The molecular weight excluding hydrogens is 386 g/mol. The number of thiophene rings is 1. The molecule has 0 aliphatic carbocycles. The summed E-state index contributed by atoms with van der Waals surface area (Å²) in [4.78, 5) is 26.0. The number of hydrogen-bond acceptors (Lipinski definition) is 5. The van der Waals surface area contributed by atoms with Crippen LogP contribution < -0.4 is 10.1 Å². The van der Waals surface area contributed by atoms with Gasteiger partial charge in [0, 0.05) is 9.90 Å². The van der Waals surface area contributed by atoms with Crippen molar-refractivity contribution < 1.29 is 19.1 Å². The molecule has 5 nitrogen and oxygen atoms in total. The Bertz CT molecular complexity index is 847. The summed E-state index contributed by atoms with van der Waals surface area (Å²) >= 11 is 7.32. The van der Waals surface area contributed by atoms with Crippen molar-refractivity contribution in [2.75, 3.05) is 11.9 Å². The molecule has 7 heteroatoms. The monoisotopic (exact) mass is 409 g/mol. The Labute approximate surface area is 168 Å². The largest absolute Gasteiger partial charge is 0.481 e. The third-order valence-electron chi connectivity index (χ3n) is 4.09. The summed E-state index contributed by atoms with van der Waals surface area (Å²) in [6.45, 7) is 9.46. The fourth-order valence-electron chi connectivity index (χ4n) is 2.71. The number of nitrogens with one attached hydrogen (secondary N) is 1. The molecule has 0 fully saturated rings. The van der Waals surface area contributed by atoms with Crippen LogP contribution in [0.4, 0.5) is 5.00 Å². The van der Waals surface area contributed by atoms with Gasteiger partial charge in [-0.2, -0.15) is 0 Å². The maximum atomic E-state index is 12.6. The number of halogens is 1. The number of carbonyl (C=O) groups is 2. The van der Waals surface area contributed by atoms with Crippen LogP contribution in [0.25, 0.3) is 0 Å². The molecule has 2 aromatic rings. The second-order valence-corrected chi connectivity index (χ2v) is 7.74. The first kappa shape index (κ1) is 21.3. The summed E-state index contributed by atoms with van der Waals surface area (Å²) in [5, 5.41) is 3.93. The zero-order chi connectivity index (χ0) is 20.1. The predicted molar refractivity (Wildman–Crippen MR) is 109 cm³/mol. The molecule has 1 aromatic heterocycles. The molecule has 0 spiro atoms. The molecule has 1 heterocycles. The number of benzene rings is 1. The molecule has 0 aliphatic heterocycles. The van der Waals surface area contributed by atoms with Crippen molar-refractivity contribution >= 4 is 39.8 Å². The number of aryl methyl sites for hydroxylation is 2. The fraction of sp³-hybridized carbons (Fsp3) is 0.400. The van der Waals surface area contributed by atoms with E-state index in [9.17, 15) is 9.59 Å². The minimum absolute atomic E-state index is 0.277. The van der Waals surface area contributed by atoms with Gasteiger partial charge in [-0.25, -0.2) is 4.79 Å². The van der Waals surface area contributed by atoms with E-state index in [-0.39, 0.29) is 12.5 Å². The van der Waals surface area contributed by atoms with Gasteiger partial charge in [0.25, 0.3) is 5.91 Å². The molecule has 1 unspecified atom stereocenters. The summed E-state index contributed by atoms with van der Waals surface area (Å²) in [6, 6.07) is 5.22. The van der Waals surface area contributed by atoms with Crippen LogP contribution in [0.3, 0.4) is 0 Å². The molecule has 1 atom stereocenters. The highest BCUT2D eigenvalue weighted by Gasteiger charge is 2.25. The van der Waals surface area contributed by atoms with Crippen LogP contribution in [-0.2, 0) is 16.0 Å². The highest BCUT2D eigenvalue weighted by molar-refractivity contribution is 7.16. The number of esters is 1. The number of carbonyl (C=O) groups excluding carboxylic acids is 2. The highest BCUT2D eigenvalue weighted by atomic mass is 35.5. The summed E-state index contributed by atoms with van der Waals surface area (Å²) in [5.74, 6) is -0.167. The molecule has 0 aliphatic rings. The molecule has 2 rings (SSSR count). The lowest BCUT2D eigenvalue weighted by molar-refractivity contribution is -0.122. The molecule has 0 radical (unpaired) electrons. The minimum Gasteiger partial charge on any atom is -0.481 e. The minimum atomic E-state index is -0.743. The SMILES string of the molecule is CCOC(=O)c1c(NC(=O)C(C)Oc2ccc(Cl)cc2C)sc(C)c1CC. The molecule has 0 saturated heterocycles. The average molecular weight is 410 g/mol.